The lowest BCUT2D eigenvalue weighted by Gasteiger charge is -2.30. The Bertz CT molecular complexity index is 1120. The third-order valence-corrected chi connectivity index (χ3v) is 5.74. The summed E-state index contributed by atoms with van der Waals surface area (Å²) in [5.74, 6) is 2.61. The zero-order valence-electron chi connectivity index (χ0n) is 16.3. The highest BCUT2D eigenvalue weighted by Gasteiger charge is 2.26. The third-order valence-electron chi connectivity index (χ3n) is 5.50. The van der Waals surface area contributed by atoms with E-state index in [0.29, 0.717) is 16.8 Å². The molecule has 1 aliphatic heterocycles. The van der Waals surface area contributed by atoms with Crippen LogP contribution in [0.15, 0.2) is 57.4 Å². The lowest BCUT2D eigenvalue weighted by atomic mass is 9.98. The van der Waals surface area contributed by atoms with Crippen molar-refractivity contribution < 1.29 is 8.83 Å². The summed E-state index contributed by atoms with van der Waals surface area (Å²) < 4.78 is 11.9. The molecule has 1 unspecified atom stereocenters. The van der Waals surface area contributed by atoms with Crippen molar-refractivity contribution in [2.45, 2.75) is 32.2 Å². The summed E-state index contributed by atoms with van der Waals surface area (Å²) in [4.78, 5) is 11.9. The van der Waals surface area contributed by atoms with Crippen molar-refractivity contribution in [3.8, 4) is 11.5 Å². The molecule has 4 aromatic rings. The predicted octanol–water partition coefficient (Wildman–Crippen LogP) is 5.82. The van der Waals surface area contributed by atoms with E-state index >= 15 is 0 Å². The van der Waals surface area contributed by atoms with E-state index in [-0.39, 0.29) is 0 Å². The average molecular weight is 408 g/mol. The van der Waals surface area contributed by atoms with E-state index in [1.54, 1.807) is 0 Å². The van der Waals surface area contributed by atoms with Crippen LogP contribution in [0.2, 0.25) is 5.02 Å². The van der Waals surface area contributed by atoms with Gasteiger partial charge < -0.3 is 8.83 Å². The summed E-state index contributed by atoms with van der Waals surface area (Å²) in [5, 5.41) is 0.678. The average Bonchev–Trinajstić information content (AvgIpc) is 3.32. The van der Waals surface area contributed by atoms with Gasteiger partial charge in [-0.1, -0.05) is 29.8 Å². The molecule has 1 atom stereocenters. The van der Waals surface area contributed by atoms with Crippen molar-refractivity contribution in [3.05, 3.63) is 70.9 Å². The second-order valence-electron chi connectivity index (χ2n) is 7.63. The Hall–Kier alpha value is -2.63. The minimum absolute atomic E-state index is 0.302. The first-order valence-corrected chi connectivity index (χ1v) is 10.3. The molecule has 2 aromatic heterocycles. The number of fused-ring (bicyclic) bond motifs is 1. The quantitative estimate of drug-likeness (QED) is 0.426. The van der Waals surface area contributed by atoms with Gasteiger partial charge in [0.25, 0.3) is 0 Å². The number of piperidine rings is 1. The van der Waals surface area contributed by atoms with Gasteiger partial charge in [-0.15, -0.1) is 0 Å². The first-order valence-electron chi connectivity index (χ1n) is 9.96. The zero-order valence-corrected chi connectivity index (χ0v) is 17.0. The Morgan fingerprint density at radius 1 is 1.10 bits per heavy atom. The van der Waals surface area contributed by atoms with E-state index in [1.807, 2.05) is 55.5 Å². The van der Waals surface area contributed by atoms with Crippen LogP contribution in [0.3, 0.4) is 0 Å². The van der Waals surface area contributed by atoms with Gasteiger partial charge in [0.2, 0.25) is 5.89 Å². The standard InChI is InChI=1S/C23H22ClN3O2/c1-15-20(26-22(28-15)16-6-4-8-18(24)12-16)14-27-11-5-7-17(13-27)23-25-19-9-2-3-10-21(19)29-23/h2-4,6,8-10,12,17H,5,7,11,13-14H2,1H3. The van der Waals surface area contributed by atoms with Crippen LogP contribution in [-0.4, -0.2) is 28.0 Å². The first kappa shape index (κ1) is 18.4. The Morgan fingerprint density at radius 3 is 2.86 bits per heavy atom. The first-order chi connectivity index (χ1) is 14.2. The van der Waals surface area contributed by atoms with Crippen molar-refractivity contribution in [3.63, 3.8) is 0 Å². The highest BCUT2D eigenvalue weighted by atomic mass is 35.5. The number of rotatable bonds is 4. The molecule has 0 spiro atoms. The molecule has 0 N–H and O–H groups in total. The molecule has 0 saturated carbocycles. The van der Waals surface area contributed by atoms with Gasteiger partial charge >= 0.3 is 0 Å². The maximum Gasteiger partial charge on any atom is 0.226 e. The SMILES string of the molecule is Cc1oc(-c2cccc(Cl)c2)nc1CN1CCCC(c2nc3ccccc3o2)C1. The molecule has 0 aliphatic carbocycles. The fourth-order valence-electron chi connectivity index (χ4n) is 4.00. The van der Waals surface area contributed by atoms with Crippen molar-refractivity contribution >= 4 is 22.7 Å². The minimum atomic E-state index is 0.302. The van der Waals surface area contributed by atoms with Gasteiger partial charge in [-0.3, -0.25) is 4.90 Å². The number of hydrogen-bond donors (Lipinski definition) is 0. The Morgan fingerprint density at radius 2 is 2.00 bits per heavy atom. The van der Waals surface area contributed by atoms with Crippen molar-refractivity contribution in [1.82, 2.24) is 14.9 Å². The van der Waals surface area contributed by atoms with E-state index in [4.69, 9.17) is 30.4 Å². The Labute approximate surface area is 174 Å². The van der Waals surface area contributed by atoms with Gasteiger partial charge in [0.1, 0.15) is 11.3 Å². The topological polar surface area (TPSA) is 55.3 Å². The molecular weight excluding hydrogens is 386 g/mol. The molecule has 0 amide bonds. The number of aromatic nitrogens is 2. The van der Waals surface area contributed by atoms with Gasteiger partial charge in [-0.2, -0.15) is 0 Å². The zero-order chi connectivity index (χ0) is 19.8. The number of hydrogen-bond acceptors (Lipinski definition) is 5. The second kappa shape index (κ2) is 7.65. The van der Waals surface area contributed by atoms with Crippen LogP contribution in [0.1, 0.15) is 36.1 Å². The summed E-state index contributed by atoms with van der Waals surface area (Å²) in [7, 11) is 0. The fourth-order valence-corrected chi connectivity index (χ4v) is 4.19. The van der Waals surface area contributed by atoms with Gasteiger partial charge in [0.05, 0.1) is 5.69 Å². The van der Waals surface area contributed by atoms with Crippen LogP contribution in [0.5, 0.6) is 0 Å². The van der Waals surface area contributed by atoms with Gasteiger partial charge in [-0.25, -0.2) is 9.97 Å². The molecule has 6 heteroatoms. The number of benzene rings is 2. The fraction of sp³-hybridized carbons (Fsp3) is 0.304. The largest absolute Gasteiger partial charge is 0.441 e. The molecule has 1 saturated heterocycles. The highest BCUT2D eigenvalue weighted by molar-refractivity contribution is 6.30. The van der Waals surface area contributed by atoms with E-state index in [0.717, 1.165) is 66.5 Å². The predicted molar refractivity (Wildman–Crippen MR) is 113 cm³/mol. The molecule has 1 aliphatic rings. The number of nitrogens with zero attached hydrogens (tertiary/aromatic N) is 3. The number of halogens is 1. The monoisotopic (exact) mass is 407 g/mol. The summed E-state index contributed by atoms with van der Waals surface area (Å²) in [6.45, 7) is 4.67. The smallest absolute Gasteiger partial charge is 0.226 e. The molecule has 1 fully saturated rings. The summed E-state index contributed by atoms with van der Waals surface area (Å²) in [5.41, 5.74) is 3.66. The third kappa shape index (κ3) is 3.80. The van der Waals surface area contributed by atoms with Crippen LogP contribution >= 0.6 is 11.6 Å². The lowest BCUT2D eigenvalue weighted by Crippen LogP contribution is -2.34. The Balaban J connectivity index is 1.33. The Kier molecular flexibility index (Phi) is 4.86. The number of aryl methyl sites for hydroxylation is 1. The van der Waals surface area contributed by atoms with E-state index in [9.17, 15) is 0 Å². The van der Waals surface area contributed by atoms with Crippen LogP contribution in [-0.2, 0) is 6.54 Å². The summed E-state index contributed by atoms with van der Waals surface area (Å²) in [6, 6.07) is 15.5. The molecule has 3 heterocycles. The molecule has 0 bridgehead atoms. The molecular formula is C23H22ClN3O2. The van der Waals surface area contributed by atoms with Crippen LogP contribution in [0, 0.1) is 6.92 Å². The molecule has 0 radical (unpaired) electrons. The molecule has 148 valence electrons. The van der Waals surface area contributed by atoms with Crippen molar-refractivity contribution in [2.24, 2.45) is 0 Å². The van der Waals surface area contributed by atoms with Crippen LogP contribution in [0.25, 0.3) is 22.6 Å². The summed E-state index contributed by atoms with van der Waals surface area (Å²) >= 11 is 6.11. The molecule has 2 aromatic carbocycles. The van der Waals surface area contributed by atoms with E-state index in [1.165, 1.54) is 0 Å². The van der Waals surface area contributed by atoms with E-state index < -0.39 is 0 Å². The maximum absolute atomic E-state index is 6.11. The molecule has 29 heavy (non-hydrogen) atoms. The van der Waals surface area contributed by atoms with Gasteiger partial charge in [0, 0.05) is 29.6 Å². The maximum atomic E-state index is 6.11. The van der Waals surface area contributed by atoms with Gasteiger partial charge in [0.15, 0.2) is 11.5 Å². The molecule has 5 nitrogen and oxygen atoms in total. The normalized spacial score (nSPS) is 17.8. The highest BCUT2D eigenvalue weighted by Crippen LogP contribution is 2.31. The number of oxazole rings is 2. The van der Waals surface area contributed by atoms with Gasteiger partial charge in [-0.05, 0) is 56.6 Å². The second-order valence-corrected chi connectivity index (χ2v) is 8.06. The summed E-state index contributed by atoms with van der Waals surface area (Å²) in [6.07, 6.45) is 2.20. The van der Waals surface area contributed by atoms with E-state index in [2.05, 4.69) is 4.90 Å². The van der Waals surface area contributed by atoms with Crippen molar-refractivity contribution in [1.29, 1.82) is 0 Å². The van der Waals surface area contributed by atoms with Crippen LogP contribution in [0.4, 0.5) is 0 Å². The lowest BCUT2D eigenvalue weighted by molar-refractivity contribution is 0.185. The molecule has 5 rings (SSSR count). The number of para-hydroxylation sites is 2. The van der Waals surface area contributed by atoms with Crippen molar-refractivity contribution in [2.75, 3.05) is 13.1 Å². The van der Waals surface area contributed by atoms with Crippen LogP contribution < -0.4 is 0 Å². The minimum Gasteiger partial charge on any atom is -0.441 e. The number of likely N-dealkylation sites (tertiary alicyclic amines) is 1.